The van der Waals surface area contributed by atoms with Crippen LogP contribution in [0.2, 0.25) is 0 Å². The molecule has 0 saturated carbocycles. The van der Waals surface area contributed by atoms with Crippen molar-refractivity contribution >= 4 is 28.2 Å². The van der Waals surface area contributed by atoms with E-state index < -0.39 is 0 Å². The monoisotopic (exact) mass is 305 g/mol. The van der Waals surface area contributed by atoms with Gasteiger partial charge < -0.3 is 15.6 Å². The predicted molar refractivity (Wildman–Crippen MR) is 92.1 cm³/mol. The Labute approximate surface area is 134 Å². The largest absolute Gasteiger partial charge is 0.399 e. The summed E-state index contributed by atoms with van der Waals surface area (Å²) in [5.41, 5.74) is 13.0. The number of hydrogen-bond acceptors (Lipinski definition) is 4. The molecule has 3 heterocycles. The van der Waals surface area contributed by atoms with Crippen molar-refractivity contribution in [3.63, 3.8) is 0 Å². The van der Waals surface area contributed by atoms with Crippen LogP contribution in [0, 0.1) is 0 Å². The van der Waals surface area contributed by atoms with Gasteiger partial charge in [-0.3, -0.25) is 0 Å². The lowest BCUT2D eigenvalue weighted by Gasteiger charge is -2.20. The minimum atomic E-state index is 0.831. The van der Waals surface area contributed by atoms with E-state index in [9.17, 15) is 0 Å². The van der Waals surface area contributed by atoms with Gasteiger partial charge in [0.2, 0.25) is 0 Å². The normalized spacial score (nSPS) is 16.6. The Balaban J connectivity index is 1.72. The lowest BCUT2D eigenvalue weighted by atomic mass is 9.96. The molecule has 0 saturated heterocycles. The van der Waals surface area contributed by atoms with Crippen LogP contribution >= 0.6 is 0 Å². The molecule has 1 aliphatic heterocycles. The van der Waals surface area contributed by atoms with E-state index in [0.717, 1.165) is 43.0 Å². The van der Waals surface area contributed by atoms with Crippen molar-refractivity contribution in [3.8, 4) is 0 Å². The summed E-state index contributed by atoms with van der Waals surface area (Å²) < 4.78 is 0. The van der Waals surface area contributed by atoms with Crippen molar-refractivity contribution in [3.05, 3.63) is 41.3 Å². The molecule has 116 valence electrons. The van der Waals surface area contributed by atoms with Gasteiger partial charge in [-0.15, -0.1) is 0 Å². The topological polar surface area (TPSA) is 70.8 Å². The van der Waals surface area contributed by atoms with E-state index >= 15 is 0 Å². The molecule has 3 N–H and O–H groups in total. The van der Waals surface area contributed by atoms with Crippen LogP contribution in [0.25, 0.3) is 11.0 Å². The second-order valence-electron chi connectivity index (χ2n) is 6.50. The third-order valence-electron chi connectivity index (χ3n) is 5.12. The number of aryl methyl sites for hydroxylation is 2. The maximum atomic E-state index is 5.93. The molecular formula is C18H19N5. The van der Waals surface area contributed by atoms with Crippen molar-refractivity contribution in [2.24, 2.45) is 0 Å². The number of anilines is 3. The van der Waals surface area contributed by atoms with Crippen molar-refractivity contribution in [1.82, 2.24) is 15.0 Å². The first-order valence-electron chi connectivity index (χ1n) is 8.31. The summed E-state index contributed by atoms with van der Waals surface area (Å²) >= 11 is 0. The molecule has 0 unspecified atom stereocenters. The predicted octanol–water partition coefficient (Wildman–Crippen LogP) is 3.11. The molecule has 3 aromatic rings. The molecule has 0 amide bonds. The molecule has 0 spiro atoms. The number of aromatic nitrogens is 3. The number of nitrogens with zero attached hydrogens (tertiary/aromatic N) is 3. The summed E-state index contributed by atoms with van der Waals surface area (Å²) in [6.45, 7) is 0.949. The van der Waals surface area contributed by atoms with E-state index in [0.29, 0.717) is 0 Å². The third kappa shape index (κ3) is 1.86. The highest BCUT2D eigenvalue weighted by Gasteiger charge is 2.26. The fraction of sp³-hybridized carbons (Fsp3) is 0.333. The minimum Gasteiger partial charge on any atom is -0.399 e. The zero-order chi connectivity index (χ0) is 15.4. The zero-order valence-electron chi connectivity index (χ0n) is 13.0. The van der Waals surface area contributed by atoms with Crippen LogP contribution in [0.4, 0.5) is 17.2 Å². The molecule has 0 radical (unpaired) electrons. The second-order valence-corrected chi connectivity index (χ2v) is 6.50. The summed E-state index contributed by atoms with van der Waals surface area (Å²) in [5, 5.41) is 1.21. The van der Waals surface area contributed by atoms with E-state index in [-0.39, 0.29) is 0 Å². The van der Waals surface area contributed by atoms with E-state index in [1.807, 2.05) is 6.07 Å². The van der Waals surface area contributed by atoms with Crippen LogP contribution in [0.15, 0.2) is 24.5 Å². The highest BCUT2D eigenvalue weighted by molar-refractivity contribution is 5.94. The number of nitrogens with one attached hydrogen (secondary N) is 1. The van der Waals surface area contributed by atoms with Crippen molar-refractivity contribution in [1.29, 1.82) is 0 Å². The molecule has 0 atom stereocenters. The molecule has 2 aromatic heterocycles. The number of hydrogen-bond donors (Lipinski definition) is 2. The van der Waals surface area contributed by atoms with E-state index in [1.165, 1.54) is 40.7 Å². The number of nitrogens with two attached hydrogens (primary N) is 1. The molecule has 1 aromatic carbocycles. The third-order valence-corrected chi connectivity index (χ3v) is 5.12. The van der Waals surface area contributed by atoms with Gasteiger partial charge in [-0.05, 0) is 61.4 Å². The Hall–Kier alpha value is -2.56. The maximum absolute atomic E-state index is 5.93. The fourth-order valence-electron chi connectivity index (χ4n) is 4.06. The van der Waals surface area contributed by atoms with Crippen LogP contribution in [0.3, 0.4) is 0 Å². The standard InChI is InChI=1S/C18H19N5/c19-12-5-6-15-11(9-12)7-8-23(15)18-16-13-3-1-2-4-14(13)22-17(16)20-10-21-18/h5-6,9-10H,1-4,7-8,19H2,(H,20,21,22). The Bertz CT molecular complexity index is 911. The minimum absolute atomic E-state index is 0.831. The van der Waals surface area contributed by atoms with Gasteiger partial charge in [0, 0.05) is 23.6 Å². The van der Waals surface area contributed by atoms with Gasteiger partial charge in [-0.1, -0.05) is 0 Å². The summed E-state index contributed by atoms with van der Waals surface area (Å²) in [6, 6.07) is 6.17. The number of aromatic amines is 1. The molecule has 0 fully saturated rings. The molecule has 23 heavy (non-hydrogen) atoms. The highest BCUT2D eigenvalue weighted by atomic mass is 15.2. The summed E-state index contributed by atoms with van der Waals surface area (Å²) in [4.78, 5) is 15.0. The lowest BCUT2D eigenvalue weighted by Crippen LogP contribution is -2.15. The molecule has 1 aliphatic carbocycles. The average molecular weight is 305 g/mol. The molecule has 5 rings (SSSR count). The van der Waals surface area contributed by atoms with E-state index in [4.69, 9.17) is 5.73 Å². The van der Waals surface area contributed by atoms with Crippen molar-refractivity contribution < 1.29 is 0 Å². The first kappa shape index (κ1) is 12.9. The van der Waals surface area contributed by atoms with Gasteiger partial charge in [-0.25, -0.2) is 9.97 Å². The molecule has 2 aliphatic rings. The van der Waals surface area contributed by atoms with E-state index in [1.54, 1.807) is 6.33 Å². The molecular weight excluding hydrogens is 286 g/mol. The smallest absolute Gasteiger partial charge is 0.146 e. The average Bonchev–Trinajstić information content (AvgIpc) is 3.15. The molecule has 0 bridgehead atoms. The first-order valence-corrected chi connectivity index (χ1v) is 8.31. The van der Waals surface area contributed by atoms with Crippen LogP contribution in [-0.4, -0.2) is 21.5 Å². The highest BCUT2D eigenvalue weighted by Crippen LogP contribution is 2.40. The van der Waals surface area contributed by atoms with Gasteiger partial charge >= 0.3 is 0 Å². The van der Waals surface area contributed by atoms with Gasteiger partial charge in [0.25, 0.3) is 0 Å². The Kier molecular flexibility index (Phi) is 2.65. The number of rotatable bonds is 1. The maximum Gasteiger partial charge on any atom is 0.146 e. The number of fused-ring (bicyclic) bond motifs is 4. The van der Waals surface area contributed by atoms with Crippen molar-refractivity contribution in [2.45, 2.75) is 32.1 Å². The Morgan fingerprint density at radius 2 is 2.00 bits per heavy atom. The second kappa shape index (κ2) is 4.72. The van der Waals surface area contributed by atoms with E-state index in [2.05, 4.69) is 32.0 Å². The molecule has 5 heteroatoms. The molecule has 5 nitrogen and oxygen atoms in total. The fourth-order valence-corrected chi connectivity index (χ4v) is 4.06. The van der Waals surface area contributed by atoms with Crippen LogP contribution in [-0.2, 0) is 19.3 Å². The SMILES string of the molecule is Nc1ccc2c(c1)CCN2c1ncnc2[nH]c3c(c12)CCCC3. The van der Waals surface area contributed by atoms with Crippen LogP contribution < -0.4 is 10.6 Å². The van der Waals surface area contributed by atoms with Gasteiger partial charge in [0.15, 0.2) is 0 Å². The number of H-pyrrole nitrogens is 1. The van der Waals surface area contributed by atoms with Gasteiger partial charge in [-0.2, -0.15) is 0 Å². The summed E-state index contributed by atoms with van der Waals surface area (Å²) in [5.74, 6) is 1.04. The Morgan fingerprint density at radius 1 is 1.09 bits per heavy atom. The quantitative estimate of drug-likeness (QED) is 0.678. The summed E-state index contributed by atoms with van der Waals surface area (Å²) in [7, 11) is 0. The lowest BCUT2D eigenvalue weighted by molar-refractivity contribution is 0.679. The number of nitrogen functional groups attached to an aromatic ring is 1. The van der Waals surface area contributed by atoms with Crippen molar-refractivity contribution in [2.75, 3.05) is 17.2 Å². The number of benzene rings is 1. The Morgan fingerprint density at radius 3 is 2.96 bits per heavy atom. The zero-order valence-corrected chi connectivity index (χ0v) is 13.0. The van der Waals surface area contributed by atoms with Crippen LogP contribution in [0.5, 0.6) is 0 Å². The van der Waals surface area contributed by atoms with Gasteiger partial charge in [0.05, 0.1) is 5.39 Å². The summed E-state index contributed by atoms with van der Waals surface area (Å²) in [6.07, 6.45) is 7.44. The first-order chi connectivity index (χ1) is 11.3. The van der Waals surface area contributed by atoms with Gasteiger partial charge in [0.1, 0.15) is 17.8 Å². The van der Waals surface area contributed by atoms with Crippen LogP contribution in [0.1, 0.15) is 29.7 Å².